The highest BCUT2D eigenvalue weighted by molar-refractivity contribution is 5.66. The van der Waals surface area contributed by atoms with E-state index in [1.807, 2.05) is 0 Å². The predicted octanol–water partition coefficient (Wildman–Crippen LogP) is 2.45. The SMILES string of the molecule is CCC(C)OCCCCCC(=O)O. The monoisotopic (exact) mass is 188 g/mol. The average Bonchev–Trinajstić information content (AvgIpc) is 2.10. The van der Waals surface area contributed by atoms with Gasteiger partial charge < -0.3 is 9.84 Å². The van der Waals surface area contributed by atoms with E-state index in [0.717, 1.165) is 32.3 Å². The number of hydrogen-bond donors (Lipinski definition) is 1. The highest BCUT2D eigenvalue weighted by Crippen LogP contribution is 2.02. The van der Waals surface area contributed by atoms with Gasteiger partial charge in [-0.2, -0.15) is 0 Å². The second kappa shape index (κ2) is 8.05. The van der Waals surface area contributed by atoms with Crippen LogP contribution in [0.2, 0.25) is 0 Å². The van der Waals surface area contributed by atoms with Crippen molar-refractivity contribution in [1.29, 1.82) is 0 Å². The van der Waals surface area contributed by atoms with Gasteiger partial charge in [-0.25, -0.2) is 0 Å². The van der Waals surface area contributed by atoms with Crippen molar-refractivity contribution >= 4 is 5.97 Å². The van der Waals surface area contributed by atoms with Crippen LogP contribution in [0.1, 0.15) is 46.0 Å². The minimum atomic E-state index is -0.706. The number of carboxylic acids is 1. The lowest BCUT2D eigenvalue weighted by molar-refractivity contribution is -0.137. The number of rotatable bonds is 8. The fraction of sp³-hybridized carbons (Fsp3) is 0.900. The lowest BCUT2D eigenvalue weighted by Crippen LogP contribution is -2.07. The average molecular weight is 188 g/mol. The summed E-state index contributed by atoms with van der Waals surface area (Å²) in [4.78, 5) is 10.2. The number of unbranched alkanes of at least 4 members (excludes halogenated alkanes) is 2. The van der Waals surface area contributed by atoms with Crippen molar-refractivity contribution in [2.75, 3.05) is 6.61 Å². The molecule has 0 aromatic heterocycles. The van der Waals surface area contributed by atoms with Crippen LogP contribution in [-0.2, 0) is 9.53 Å². The summed E-state index contributed by atoms with van der Waals surface area (Å²) in [5, 5.41) is 8.37. The molecule has 3 nitrogen and oxygen atoms in total. The van der Waals surface area contributed by atoms with Gasteiger partial charge in [0.1, 0.15) is 0 Å². The Morgan fingerprint density at radius 1 is 1.38 bits per heavy atom. The Kier molecular flexibility index (Phi) is 7.69. The Bertz CT molecular complexity index is 134. The van der Waals surface area contributed by atoms with Crippen LogP contribution in [-0.4, -0.2) is 23.8 Å². The second-order valence-corrected chi connectivity index (χ2v) is 3.29. The third-order valence-electron chi connectivity index (χ3n) is 2.01. The van der Waals surface area contributed by atoms with E-state index in [4.69, 9.17) is 9.84 Å². The molecule has 0 aromatic rings. The molecule has 0 spiro atoms. The smallest absolute Gasteiger partial charge is 0.303 e. The first-order chi connectivity index (χ1) is 6.16. The number of carboxylic acid groups (broad SMARTS) is 1. The van der Waals surface area contributed by atoms with Crippen molar-refractivity contribution in [1.82, 2.24) is 0 Å². The van der Waals surface area contributed by atoms with Gasteiger partial charge in [0, 0.05) is 13.0 Å². The Hall–Kier alpha value is -0.570. The first-order valence-corrected chi connectivity index (χ1v) is 5.00. The minimum Gasteiger partial charge on any atom is -0.481 e. The fourth-order valence-electron chi connectivity index (χ4n) is 0.957. The summed E-state index contributed by atoms with van der Waals surface area (Å²) >= 11 is 0. The summed E-state index contributed by atoms with van der Waals surface area (Å²) in [7, 11) is 0. The van der Waals surface area contributed by atoms with Crippen LogP contribution in [0.5, 0.6) is 0 Å². The summed E-state index contributed by atoms with van der Waals surface area (Å²) in [6.45, 7) is 4.90. The Labute approximate surface area is 80.1 Å². The Morgan fingerprint density at radius 2 is 2.08 bits per heavy atom. The highest BCUT2D eigenvalue weighted by atomic mass is 16.5. The summed E-state index contributed by atoms with van der Waals surface area (Å²) in [6.07, 6.45) is 4.33. The van der Waals surface area contributed by atoms with E-state index in [0.29, 0.717) is 6.10 Å². The largest absolute Gasteiger partial charge is 0.481 e. The van der Waals surface area contributed by atoms with E-state index < -0.39 is 5.97 Å². The number of aliphatic carboxylic acids is 1. The topological polar surface area (TPSA) is 46.5 Å². The van der Waals surface area contributed by atoms with E-state index in [1.54, 1.807) is 0 Å². The Balaban J connectivity index is 3.04. The van der Waals surface area contributed by atoms with Crippen LogP contribution in [0.4, 0.5) is 0 Å². The molecule has 0 heterocycles. The third kappa shape index (κ3) is 9.34. The van der Waals surface area contributed by atoms with Gasteiger partial charge in [-0.05, 0) is 26.2 Å². The molecule has 0 aromatic carbocycles. The van der Waals surface area contributed by atoms with Crippen LogP contribution in [0.15, 0.2) is 0 Å². The normalized spacial score (nSPS) is 12.8. The second-order valence-electron chi connectivity index (χ2n) is 3.29. The van der Waals surface area contributed by atoms with Crippen molar-refractivity contribution in [3.05, 3.63) is 0 Å². The van der Waals surface area contributed by atoms with E-state index in [9.17, 15) is 4.79 Å². The standard InChI is InChI=1S/C10H20O3/c1-3-9(2)13-8-6-4-5-7-10(11)12/h9H,3-8H2,1-2H3,(H,11,12). The van der Waals surface area contributed by atoms with Crippen LogP contribution in [0.25, 0.3) is 0 Å². The molecule has 78 valence electrons. The molecule has 1 unspecified atom stereocenters. The number of hydrogen-bond acceptors (Lipinski definition) is 2. The number of ether oxygens (including phenoxy) is 1. The van der Waals surface area contributed by atoms with Crippen molar-refractivity contribution in [3.8, 4) is 0 Å². The summed E-state index contributed by atoms with van der Waals surface area (Å²) in [5.74, 6) is -0.706. The molecule has 0 radical (unpaired) electrons. The molecule has 0 rings (SSSR count). The maximum Gasteiger partial charge on any atom is 0.303 e. The molecule has 0 aliphatic heterocycles. The number of carbonyl (C=O) groups is 1. The van der Waals surface area contributed by atoms with Gasteiger partial charge in [-0.1, -0.05) is 13.3 Å². The van der Waals surface area contributed by atoms with Gasteiger partial charge in [-0.15, -0.1) is 0 Å². The molecule has 3 heteroatoms. The predicted molar refractivity (Wildman–Crippen MR) is 51.8 cm³/mol. The van der Waals surface area contributed by atoms with Crippen LogP contribution in [0, 0.1) is 0 Å². The maximum atomic E-state index is 10.2. The zero-order valence-electron chi connectivity index (χ0n) is 8.58. The molecule has 0 saturated heterocycles. The van der Waals surface area contributed by atoms with Crippen molar-refractivity contribution in [3.63, 3.8) is 0 Å². The van der Waals surface area contributed by atoms with Gasteiger partial charge in [0.15, 0.2) is 0 Å². The van der Waals surface area contributed by atoms with Crippen molar-refractivity contribution in [2.45, 2.75) is 52.1 Å². The van der Waals surface area contributed by atoms with E-state index >= 15 is 0 Å². The Morgan fingerprint density at radius 3 is 2.62 bits per heavy atom. The quantitative estimate of drug-likeness (QED) is 0.595. The molecule has 1 atom stereocenters. The fourth-order valence-corrected chi connectivity index (χ4v) is 0.957. The minimum absolute atomic E-state index is 0.281. The molecular formula is C10H20O3. The molecule has 0 saturated carbocycles. The molecule has 0 aliphatic carbocycles. The molecule has 1 N–H and O–H groups in total. The zero-order valence-corrected chi connectivity index (χ0v) is 8.58. The summed E-state index contributed by atoms with van der Waals surface area (Å²) in [5.41, 5.74) is 0. The lowest BCUT2D eigenvalue weighted by atomic mass is 10.2. The molecule has 13 heavy (non-hydrogen) atoms. The zero-order chi connectivity index (χ0) is 10.1. The third-order valence-corrected chi connectivity index (χ3v) is 2.01. The highest BCUT2D eigenvalue weighted by Gasteiger charge is 1.99. The molecule has 0 bridgehead atoms. The first-order valence-electron chi connectivity index (χ1n) is 5.00. The first kappa shape index (κ1) is 12.4. The molecule has 0 fully saturated rings. The maximum absolute atomic E-state index is 10.2. The molecule has 0 aliphatic rings. The molecule has 0 amide bonds. The van der Waals surface area contributed by atoms with E-state index in [2.05, 4.69) is 13.8 Å². The van der Waals surface area contributed by atoms with Gasteiger partial charge in [0.2, 0.25) is 0 Å². The summed E-state index contributed by atoms with van der Waals surface area (Å²) in [6, 6.07) is 0. The van der Waals surface area contributed by atoms with Crippen LogP contribution >= 0.6 is 0 Å². The summed E-state index contributed by atoms with van der Waals surface area (Å²) < 4.78 is 5.45. The van der Waals surface area contributed by atoms with Crippen molar-refractivity contribution < 1.29 is 14.6 Å². The van der Waals surface area contributed by atoms with Gasteiger partial charge in [-0.3, -0.25) is 4.79 Å². The molecular weight excluding hydrogens is 168 g/mol. The van der Waals surface area contributed by atoms with Crippen molar-refractivity contribution in [2.24, 2.45) is 0 Å². The van der Waals surface area contributed by atoms with Gasteiger partial charge >= 0.3 is 5.97 Å². The lowest BCUT2D eigenvalue weighted by Gasteiger charge is -2.09. The van der Waals surface area contributed by atoms with Crippen LogP contribution in [0.3, 0.4) is 0 Å². The van der Waals surface area contributed by atoms with E-state index in [-0.39, 0.29) is 6.42 Å². The van der Waals surface area contributed by atoms with Gasteiger partial charge in [0.05, 0.1) is 6.10 Å². The van der Waals surface area contributed by atoms with Gasteiger partial charge in [0.25, 0.3) is 0 Å². The van der Waals surface area contributed by atoms with E-state index in [1.165, 1.54) is 0 Å². The van der Waals surface area contributed by atoms with Crippen LogP contribution < -0.4 is 0 Å².